The van der Waals surface area contributed by atoms with Gasteiger partial charge in [-0.25, -0.2) is 8.42 Å². The molecular weight excluding hydrogens is 188 g/mol. The fourth-order valence-electron chi connectivity index (χ4n) is 1.03. The van der Waals surface area contributed by atoms with Crippen LogP contribution in [0.4, 0.5) is 0 Å². The molecule has 0 aliphatic heterocycles. The van der Waals surface area contributed by atoms with Crippen molar-refractivity contribution < 1.29 is 13.2 Å². The minimum absolute atomic E-state index is 0.335. The van der Waals surface area contributed by atoms with E-state index in [9.17, 15) is 8.42 Å². The molecule has 0 saturated heterocycles. The zero-order chi connectivity index (χ0) is 9.90. The fraction of sp³-hybridized carbons (Fsp3) is 0.333. The Morgan fingerprint density at radius 2 is 2.08 bits per heavy atom. The lowest BCUT2D eigenvalue weighted by molar-refractivity contribution is 0.184. The predicted molar refractivity (Wildman–Crippen MR) is 50.3 cm³/mol. The summed E-state index contributed by atoms with van der Waals surface area (Å²) < 4.78 is 27.2. The van der Waals surface area contributed by atoms with Crippen molar-refractivity contribution in [2.75, 3.05) is 13.4 Å². The van der Waals surface area contributed by atoms with E-state index in [1.54, 1.807) is 25.3 Å². The van der Waals surface area contributed by atoms with Gasteiger partial charge < -0.3 is 4.74 Å². The molecule has 0 aromatic heterocycles. The number of methoxy groups -OCH3 is 1. The van der Waals surface area contributed by atoms with Crippen molar-refractivity contribution in [3.05, 3.63) is 29.8 Å². The molecule has 0 spiro atoms. The predicted octanol–water partition coefficient (Wildman–Crippen LogP) is 1.24. The first-order valence-corrected chi connectivity index (χ1v) is 5.71. The van der Waals surface area contributed by atoms with Gasteiger partial charge in [0.25, 0.3) is 0 Å². The van der Waals surface area contributed by atoms with Gasteiger partial charge >= 0.3 is 0 Å². The summed E-state index contributed by atoms with van der Waals surface area (Å²) in [5.74, 6) is 0. The molecule has 0 amide bonds. The number of sulfone groups is 1. The highest BCUT2D eigenvalue weighted by molar-refractivity contribution is 7.90. The molecule has 0 aliphatic rings. The van der Waals surface area contributed by atoms with Crippen LogP contribution in [-0.2, 0) is 21.2 Å². The first kappa shape index (κ1) is 10.2. The van der Waals surface area contributed by atoms with Gasteiger partial charge in [0.2, 0.25) is 0 Å². The van der Waals surface area contributed by atoms with Gasteiger partial charge in [0.1, 0.15) is 0 Å². The van der Waals surface area contributed by atoms with E-state index < -0.39 is 9.84 Å². The number of hydrogen-bond acceptors (Lipinski definition) is 3. The lowest BCUT2D eigenvalue weighted by Gasteiger charge is -2.02. The van der Waals surface area contributed by atoms with Crippen molar-refractivity contribution >= 4 is 9.84 Å². The van der Waals surface area contributed by atoms with Gasteiger partial charge in [0, 0.05) is 13.4 Å². The monoisotopic (exact) mass is 200 g/mol. The van der Waals surface area contributed by atoms with Crippen LogP contribution in [-0.4, -0.2) is 21.8 Å². The summed E-state index contributed by atoms with van der Waals surface area (Å²) in [4.78, 5) is 0.335. The average Bonchev–Trinajstić information content (AvgIpc) is 2.04. The van der Waals surface area contributed by atoms with Gasteiger partial charge in [-0.15, -0.1) is 0 Å². The van der Waals surface area contributed by atoms with E-state index in [0.29, 0.717) is 11.5 Å². The van der Waals surface area contributed by atoms with Crippen molar-refractivity contribution in [3.8, 4) is 0 Å². The normalized spacial score (nSPS) is 11.5. The van der Waals surface area contributed by atoms with E-state index in [4.69, 9.17) is 4.74 Å². The van der Waals surface area contributed by atoms with Gasteiger partial charge in [0.15, 0.2) is 9.84 Å². The Balaban J connectivity index is 3.06. The summed E-state index contributed by atoms with van der Waals surface area (Å²) in [6, 6.07) is 6.75. The standard InChI is InChI=1S/C9H12O3S/c1-12-7-8-4-3-5-9(6-8)13(2,10)11/h3-6H,7H2,1-2H3. The molecule has 3 nitrogen and oxygen atoms in total. The van der Waals surface area contributed by atoms with Gasteiger partial charge in [-0.2, -0.15) is 0 Å². The van der Waals surface area contributed by atoms with Crippen LogP contribution in [0.3, 0.4) is 0 Å². The lowest BCUT2D eigenvalue weighted by atomic mass is 10.2. The third-order valence-electron chi connectivity index (χ3n) is 1.64. The second-order valence-corrected chi connectivity index (χ2v) is 4.87. The molecule has 0 N–H and O–H groups in total. The van der Waals surface area contributed by atoms with E-state index >= 15 is 0 Å². The Bertz CT molecular complexity index is 382. The van der Waals surface area contributed by atoms with Crippen LogP contribution in [0.15, 0.2) is 29.2 Å². The smallest absolute Gasteiger partial charge is 0.175 e. The van der Waals surface area contributed by atoms with Gasteiger partial charge in [-0.1, -0.05) is 12.1 Å². The minimum Gasteiger partial charge on any atom is -0.380 e. The SMILES string of the molecule is COCc1cccc(S(C)(=O)=O)c1. The molecule has 1 aromatic rings. The van der Waals surface area contributed by atoms with Crippen molar-refractivity contribution in [1.82, 2.24) is 0 Å². The molecule has 13 heavy (non-hydrogen) atoms. The molecule has 0 fully saturated rings. The van der Waals surface area contributed by atoms with Crippen LogP contribution in [0.2, 0.25) is 0 Å². The summed E-state index contributed by atoms with van der Waals surface area (Å²) in [5.41, 5.74) is 0.866. The fourth-order valence-corrected chi connectivity index (χ4v) is 1.72. The van der Waals surface area contributed by atoms with E-state index in [1.807, 2.05) is 6.07 Å². The highest BCUT2D eigenvalue weighted by atomic mass is 32.2. The van der Waals surface area contributed by atoms with Crippen LogP contribution in [0, 0.1) is 0 Å². The molecule has 0 heterocycles. The first-order valence-electron chi connectivity index (χ1n) is 3.82. The number of rotatable bonds is 3. The zero-order valence-corrected chi connectivity index (χ0v) is 8.47. The number of hydrogen-bond donors (Lipinski definition) is 0. The summed E-state index contributed by atoms with van der Waals surface area (Å²) >= 11 is 0. The number of ether oxygens (including phenoxy) is 1. The third-order valence-corrected chi connectivity index (χ3v) is 2.75. The third kappa shape index (κ3) is 2.82. The largest absolute Gasteiger partial charge is 0.380 e. The van der Waals surface area contributed by atoms with Crippen molar-refractivity contribution in [2.45, 2.75) is 11.5 Å². The maximum Gasteiger partial charge on any atom is 0.175 e. The number of benzene rings is 1. The Hall–Kier alpha value is -0.870. The van der Waals surface area contributed by atoms with Crippen LogP contribution in [0.5, 0.6) is 0 Å². The molecular formula is C9H12O3S. The molecule has 0 atom stereocenters. The summed E-state index contributed by atoms with van der Waals surface area (Å²) in [5, 5.41) is 0. The van der Waals surface area contributed by atoms with E-state index in [1.165, 1.54) is 6.26 Å². The van der Waals surface area contributed by atoms with E-state index in [0.717, 1.165) is 5.56 Å². The molecule has 1 rings (SSSR count). The van der Waals surface area contributed by atoms with Crippen molar-refractivity contribution in [3.63, 3.8) is 0 Å². The zero-order valence-electron chi connectivity index (χ0n) is 7.65. The van der Waals surface area contributed by atoms with Gasteiger partial charge in [0.05, 0.1) is 11.5 Å². The first-order chi connectivity index (χ1) is 6.04. The second kappa shape index (κ2) is 3.89. The van der Waals surface area contributed by atoms with E-state index in [2.05, 4.69) is 0 Å². The van der Waals surface area contributed by atoms with Gasteiger partial charge in [-0.3, -0.25) is 0 Å². The minimum atomic E-state index is -3.10. The Morgan fingerprint density at radius 1 is 1.38 bits per heavy atom. The Morgan fingerprint density at radius 3 is 2.62 bits per heavy atom. The topological polar surface area (TPSA) is 43.4 Å². The average molecular weight is 200 g/mol. The quantitative estimate of drug-likeness (QED) is 0.737. The molecule has 0 radical (unpaired) electrons. The van der Waals surface area contributed by atoms with Crippen molar-refractivity contribution in [1.29, 1.82) is 0 Å². The Kier molecular flexibility index (Phi) is 3.06. The molecule has 4 heteroatoms. The van der Waals surface area contributed by atoms with Crippen LogP contribution < -0.4 is 0 Å². The van der Waals surface area contributed by atoms with Crippen molar-refractivity contribution in [2.24, 2.45) is 0 Å². The molecule has 0 saturated carbocycles. The summed E-state index contributed by atoms with van der Waals surface area (Å²) in [6.07, 6.45) is 1.19. The van der Waals surface area contributed by atoms with E-state index in [-0.39, 0.29) is 0 Å². The molecule has 0 bridgehead atoms. The molecule has 72 valence electrons. The molecule has 0 aliphatic carbocycles. The van der Waals surface area contributed by atoms with Crippen LogP contribution >= 0.6 is 0 Å². The van der Waals surface area contributed by atoms with Gasteiger partial charge in [-0.05, 0) is 17.7 Å². The molecule has 1 aromatic carbocycles. The highest BCUT2D eigenvalue weighted by Gasteiger charge is 2.06. The molecule has 0 unspecified atom stereocenters. The maximum atomic E-state index is 11.1. The highest BCUT2D eigenvalue weighted by Crippen LogP contribution is 2.11. The maximum absolute atomic E-state index is 11.1. The second-order valence-electron chi connectivity index (χ2n) is 2.85. The van der Waals surface area contributed by atoms with Crippen LogP contribution in [0.1, 0.15) is 5.56 Å². The lowest BCUT2D eigenvalue weighted by Crippen LogP contribution is -1.98. The summed E-state index contributed by atoms with van der Waals surface area (Å²) in [7, 11) is -1.52. The van der Waals surface area contributed by atoms with Crippen LogP contribution in [0.25, 0.3) is 0 Å². The summed E-state index contributed by atoms with van der Waals surface area (Å²) in [6.45, 7) is 0.434. The Labute approximate surface area is 78.3 Å².